The molecule has 1 aromatic carbocycles. The van der Waals surface area contributed by atoms with Crippen molar-refractivity contribution >= 4 is 0 Å². The van der Waals surface area contributed by atoms with Crippen LogP contribution >= 0.6 is 0 Å². The number of rotatable bonds is 8. The van der Waals surface area contributed by atoms with E-state index in [1.165, 1.54) is 11.1 Å². The zero-order valence-corrected chi connectivity index (χ0v) is 13.2. The Labute approximate surface area is 127 Å². The number of aromatic nitrogens is 2. The summed E-state index contributed by atoms with van der Waals surface area (Å²) < 4.78 is 8.17. The van der Waals surface area contributed by atoms with Crippen molar-refractivity contribution in [3.8, 4) is 5.75 Å². The van der Waals surface area contributed by atoms with Gasteiger partial charge in [0.05, 0.1) is 18.2 Å². The van der Waals surface area contributed by atoms with E-state index in [0.717, 1.165) is 37.5 Å². The highest BCUT2D eigenvalue weighted by atomic mass is 16.5. The first-order valence-corrected chi connectivity index (χ1v) is 7.66. The number of hydrogen-bond donors (Lipinski definition) is 1. The van der Waals surface area contributed by atoms with E-state index >= 15 is 0 Å². The second-order valence-electron chi connectivity index (χ2n) is 5.26. The highest BCUT2D eigenvalue weighted by Gasteiger charge is 2.07. The van der Waals surface area contributed by atoms with E-state index in [1.807, 2.05) is 12.5 Å². The van der Waals surface area contributed by atoms with Crippen molar-refractivity contribution in [1.82, 2.24) is 14.9 Å². The molecule has 4 nitrogen and oxygen atoms in total. The molecule has 0 radical (unpaired) electrons. The van der Waals surface area contributed by atoms with Crippen molar-refractivity contribution < 1.29 is 4.74 Å². The van der Waals surface area contributed by atoms with Crippen LogP contribution in [0.25, 0.3) is 0 Å². The summed E-state index contributed by atoms with van der Waals surface area (Å²) in [6, 6.07) is 6.33. The van der Waals surface area contributed by atoms with E-state index in [4.69, 9.17) is 4.74 Å². The molecule has 0 fully saturated rings. The number of hydrogen-bond acceptors (Lipinski definition) is 3. The van der Waals surface area contributed by atoms with Gasteiger partial charge in [-0.25, -0.2) is 4.98 Å². The van der Waals surface area contributed by atoms with Crippen LogP contribution in [0.15, 0.2) is 30.7 Å². The van der Waals surface area contributed by atoms with Gasteiger partial charge >= 0.3 is 0 Å². The first-order valence-electron chi connectivity index (χ1n) is 7.66. The van der Waals surface area contributed by atoms with Gasteiger partial charge in [-0.15, -0.1) is 0 Å². The summed E-state index contributed by atoms with van der Waals surface area (Å²) in [6.45, 7) is 9.71. The van der Waals surface area contributed by atoms with Crippen LogP contribution in [-0.4, -0.2) is 16.1 Å². The first kappa shape index (κ1) is 15.6. The van der Waals surface area contributed by atoms with Crippen molar-refractivity contribution in [2.75, 3.05) is 6.54 Å². The van der Waals surface area contributed by atoms with Crippen LogP contribution in [0.2, 0.25) is 0 Å². The molecule has 21 heavy (non-hydrogen) atoms. The van der Waals surface area contributed by atoms with Crippen LogP contribution in [0.1, 0.15) is 37.1 Å². The van der Waals surface area contributed by atoms with Crippen molar-refractivity contribution in [2.45, 2.75) is 46.9 Å². The molecule has 0 spiro atoms. The van der Waals surface area contributed by atoms with Gasteiger partial charge in [-0.1, -0.05) is 31.5 Å². The summed E-state index contributed by atoms with van der Waals surface area (Å²) in [6.07, 6.45) is 4.85. The molecule has 0 bridgehead atoms. The maximum Gasteiger partial charge on any atom is 0.130 e. The minimum absolute atomic E-state index is 0.558. The molecule has 0 atom stereocenters. The van der Waals surface area contributed by atoms with Gasteiger partial charge < -0.3 is 14.6 Å². The summed E-state index contributed by atoms with van der Waals surface area (Å²) in [4.78, 5) is 4.21. The smallest absolute Gasteiger partial charge is 0.130 e. The van der Waals surface area contributed by atoms with E-state index in [0.29, 0.717) is 6.61 Å². The van der Waals surface area contributed by atoms with E-state index < -0.39 is 0 Å². The highest BCUT2D eigenvalue weighted by Crippen LogP contribution is 2.21. The molecule has 0 amide bonds. The third-order valence-corrected chi connectivity index (χ3v) is 3.42. The zero-order chi connectivity index (χ0) is 15.1. The van der Waals surface area contributed by atoms with E-state index in [2.05, 4.69) is 53.8 Å². The second-order valence-corrected chi connectivity index (χ2v) is 5.26. The van der Waals surface area contributed by atoms with Gasteiger partial charge in [0, 0.05) is 18.7 Å². The van der Waals surface area contributed by atoms with Gasteiger partial charge in [-0.05, 0) is 26.0 Å². The number of imidazole rings is 1. The largest absolute Gasteiger partial charge is 0.487 e. The Balaban J connectivity index is 2.06. The Kier molecular flexibility index (Phi) is 5.81. The molecule has 0 saturated heterocycles. The topological polar surface area (TPSA) is 39.1 Å². The summed E-state index contributed by atoms with van der Waals surface area (Å²) in [5, 5.41) is 3.36. The number of ether oxygens (including phenoxy) is 1. The Bertz CT molecular complexity index is 563. The molecule has 4 heteroatoms. The third-order valence-electron chi connectivity index (χ3n) is 3.42. The lowest BCUT2D eigenvalue weighted by atomic mass is 10.1. The number of aryl methyl sites for hydroxylation is 2. The molecule has 0 aliphatic carbocycles. The van der Waals surface area contributed by atoms with Gasteiger partial charge in [0.15, 0.2) is 0 Å². The van der Waals surface area contributed by atoms with Crippen LogP contribution in [0.4, 0.5) is 0 Å². The molecule has 0 aliphatic rings. The van der Waals surface area contributed by atoms with E-state index in [-0.39, 0.29) is 0 Å². The van der Waals surface area contributed by atoms with E-state index in [1.54, 1.807) is 0 Å². The fourth-order valence-electron chi connectivity index (χ4n) is 2.31. The average Bonchev–Trinajstić information content (AvgIpc) is 2.92. The van der Waals surface area contributed by atoms with Crippen molar-refractivity contribution in [1.29, 1.82) is 0 Å². The maximum absolute atomic E-state index is 6.02. The molecule has 2 aromatic rings. The second kappa shape index (κ2) is 7.84. The van der Waals surface area contributed by atoms with Crippen LogP contribution in [0.3, 0.4) is 0 Å². The molecule has 1 aromatic heterocycles. The fraction of sp³-hybridized carbons (Fsp3) is 0.471. The molecule has 1 N–H and O–H groups in total. The maximum atomic E-state index is 6.02. The quantitative estimate of drug-likeness (QED) is 0.809. The molecular weight excluding hydrogens is 262 g/mol. The molecule has 0 aliphatic heterocycles. The lowest BCUT2D eigenvalue weighted by Gasteiger charge is -2.13. The Hall–Kier alpha value is -1.81. The number of nitrogens with one attached hydrogen (secondary N) is 1. The summed E-state index contributed by atoms with van der Waals surface area (Å²) >= 11 is 0. The standard InChI is InChI=1S/C17H25N3O/c1-4-8-20-13-19-11-16(20)12-21-17-7-6-14(3)9-15(17)10-18-5-2/h6-7,9,11,13,18H,4-5,8,10,12H2,1-3H3. The summed E-state index contributed by atoms with van der Waals surface area (Å²) in [5.74, 6) is 0.950. The van der Waals surface area contributed by atoms with Gasteiger partial charge in [0.1, 0.15) is 12.4 Å². The fourth-order valence-corrected chi connectivity index (χ4v) is 2.31. The van der Waals surface area contributed by atoms with Crippen LogP contribution < -0.4 is 10.1 Å². The Morgan fingerprint density at radius 2 is 2.14 bits per heavy atom. The van der Waals surface area contributed by atoms with Crippen molar-refractivity contribution in [2.24, 2.45) is 0 Å². The van der Waals surface area contributed by atoms with Gasteiger partial charge in [0.25, 0.3) is 0 Å². The van der Waals surface area contributed by atoms with Crippen LogP contribution in [0, 0.1) is 6.92 Å². The minimum atomic E-state index is 0.558. The SMILES string of the molecule is CCCn1cncc1COc1ccc(C)cc1CNCC. The lowest BCUT2D eigenvalue weighted by Crippen LogP contribution is -2.13. The number of nitrogens with zero attached hydrogens (tertiary/aromatic N) is 2. The lowest BCUT2D eigenvalue weighted by molar-refractivity contribution is 0.291. The van der Waals surface area contributed by atoms with Crippen LogP contribution in [0.5, 0.6) is 5.75 Å². The Morgan fingerprint density at radius 3 is 2.90 bits per heavy atom. The van der Waals surface area contributed by atoms with Gasteiger partial charge in [-0.3, -0.25) is 0 Å². The average molecular weight is 287 g/mol. The molecule has 0 saturated carbocycles. The Morgan fingerprint density at radius 1 is 1.29 bits per heavy atom. The molecule has 114 valence electrons. The molecule has 2 rings (SSSR count). The van der Waals surface area contributed by atoms with Crippen LogP contribution in [-0.2, 0) is 19.7 Å². The van der Waals surface area contributed by atoms with Crippen molar-refractivity contribution in [3.63, 3.8) is 0 Å². The molecule has 1 heterocycles. The highest BCUT2D eigenvalue weighted by molar-refractivity contribution is 5.37. The molecular formula is C17H25N3O. The predicted octanol–water partition coefficient (Wildman–Crippen LogP) is 3.29. The van der Waals surface area contributed by atoms with Crippen molar-refractivity contribution in [3.05, 3.63) is 47.5 Å². The molecule has 0 unspecified atom stereocenters. The zero-order valence-electron chi connectivity index (χ0n) is 13.2. The predicted molar refractivity (Wildman–Crippen MR) is 85.4 cm³/mol. The summed E-state index contributed by atoms with van der Waals surface area (Å²) in [7, 11) is 0. The summed E-state index contributed by atoms with van der Waals surface area (Å²) in [5.41, 5.74) is 3.58. The normalized spacial score (nSPS) is 10.8. The van der Waals surface area contributed by atoms with Gasteiger partial charge in [-0.2, -0.15) is 0 Å². The number of benzene rings is 1. The third kappa shape index (κ3) is 4.33. The van der Waals surface area contributed by atoms with E-state index in [9.17, 15) is 0 Å². The first-order chi connectivity index (χ1) is 10.2. The minimum Gasteiger partial charge on any atom is -0.487 e. The monoisotopic (exact) mass is 287 g/mol. The van der Waals surface area contributed by atoms with Gasteiger partial charge in [0.2, 0.25) is 0 Å².